The summed E-state index contributed by atoms with van der Waals surface area (Å²) in [6, 6.07) is 7.56. The van der Waals surface area contributed by atoms with E-state index < -0.39 is 0 Å². The van der Waals surface area contributed by atoms with Gasteiger partial charge in [-0.1, -0.05) is 26.3 Å². The summed E-state index contributed by atoms with van der Waals surface area (Å²) in [5, 5.41) is 3.73. The Morgan fingerprint density at radius 1 is 1.45 bits per heavy atom. The van der Waals surface area contributed by atoms with E-state index in [4.69, 9.17) is 0 Å². The number of hydrogen-bond donors (Lipinski definition) is 1. The predicted molar refractivity (Wildman–Crippen MR) is 84.7 cm³/mol. The fourth-order valence-electron chi connectivity index (χ4n) is 2.94. The van der Waals surface area contributed by atoms with E-state index in [1.54, 1.807) is 0 Å². The van der Waals surface area contributed by atoms with E-state index in [0.717, 1.165) is 31.2 Å². The van der Waals surface area contributed by atoms with E-state index in [0.29, 0.717) is 12.1 Å². The highest BCUT2D eigenvalue weighted by Gasteiger charge is 2.25. The Balaban J connectivity index is 2.06. The summed E-state index contributed by atoms with van der Waals surface area (Å²) in [5.74, 6) is 0.730. The molecule has 112 valence electrons. The van der Waals surface area contributed by atoms with Gasteiger partial charge in [-0.3, -0.25) is 9.88 Å². The molecule has 0 aromatic carbocycles. The smallest absolute Gasteiger partial charge is 0.0547 e. The SMILES string of the molecule is CCC(C)C1CN(Cc2cccc(C)n2)C(C)CCN1. The molecule has 1 aromatic heterocycles. The van der Waals surface area contributed by atoms with E-state index in [1.165, 1.54) is 18.5 Å². The maximum Gasteiger partial charge on any atom is 0.0547 e. The third kappa shape index (κ3) is 4.03. The highest BCUT2D eigenvalue weighted by atomic mass is 15.2. The van der Waals surface area contributed by atoms with Crippen LogP contribution < -0.4 is 5.32 Å². The van der Waals surface area contributed by atoms with Gasteiger partial charge in [-0.15, -0.1) is 0 Å². The summed E-state index contributed by atoms with van der Waals surface area (Å²) in [5.41, 5.74) is 2.31. The lowest BCUT2D eigenvalue weighted by molar-refractivity contribution is 0.178. The van der Waals surface area contributed by atoms with Crippen LogP contribution in [-0.2, 0) is 6.54 Å². The minimum Gasteiger partial charge on any atom is -0.312 e. The topological polar surface area (TPSA) is 28.2 Å². The summed E-state index contributed by atoms with van der Waals surface area (Å²) in [4.78, 5) is 7.26. The molecule has 1 aliphatic rings. The maximum atomic E-state index is 4.66. The molecule has 0 radical (unpaired) electrons. The van der Waals surface area contributed by atoms with Crippen LogP contribution in [-0.4, -0.2) is 35.1 Å². The standard InChI is InChI=1S/C17H29N3/c1-5-13(2)17-12-20(15(4)9-10-18-17)11-16-8-6-7-14(3)19-16/h6-8,13,15,17-18H,5,9-12H2,1-4H3. The molecule has 1 aliphatic heterocycles. The van der Waals surface area contributed by atoms with Gasteiger partial charge in [-0.25, -0.2) is 0 Å². The molecule has 3 unspecified atom stereocenters. The monoisotopic (exact) mass is 275 g/mol. The van der Waals surface area contributed by atoms with Gasteiger partial charge in [0.15, 0.2) is 0 Å². The molecule has 3 heteroatoms. The second-order valence-corrected chi connectivity index (χ2v) is 6.28. The van der Waals surface area contributed by atoms with Crippen LogP contribution in [0.1, 0.15) is 45.0 Å². The third-order valence-corrected chi connectivity index (χ3v) is 4.67. The molecular formula is C17H29N3. The molecule has 3 atom stereocenters. The lowest BCUT2D eigenvalue weighted by Crippen LogP contribution is -2.43. The highest BCUT2D eigenvalue weighted by Crippen LogP contribution is 2.18. The first kappa shape index (κ1) is 15.5. The van der Waals surface area contributed by atoms with Gasteiger partial charge >= 0.3 is 0 Å². The van der Waals surface area contributed by atoms with Gasteiger partial charge in [0.05, 0.1) is 5.69 Å². The number of nitrogens with zero attached hydrogens (tertiary/aromatic N) is 2. The molecule has 0 spiro atoms. The van der Waals surface area contributed by atoms with E-state index in [1.807, 2.05) is 0 Å². The van der Waals surface area contributed by atoms with Gasteiger partial charge < -0.3 is 5.32 Å². The summed E-state index contributed by atoms with van der Waals surface area (Å²) >= 11 is 0. The number of pyridine rings is 1. The van der Waals surface area contributed by atoms with Crippen molar-refractivity contribution in [2.24, 2.45) is 5.92 Å². The Bertz CT molecular complexity index is 418. The molecule has 0 bridgehead atoms. The van der Waals surface area contributed by atoms with Crippen LogP contribution in [0.15, 0.2) is 18.2 Å². The average molecular weight is 275 g/mol. The van der Waals surface area contributed by atoms with Crippen molar-refractivity contribution in [2.45, 2.75) is 59.2 Å². The largest absolute Gasteiger partial charge is 0.312 e. The molecule has 1 aromatic rings. The van der Waals surface area contributed by atoms with Crippen molar-refractivity contribution in [3.05, 3.63) is 29.6 Å². The third-order valence-electron chi connectivity index (χ3n) is 4.67. The predicted octanol–water partition coefficient (Wildman–Crippen LogP) is 2.99. The van der Waals surface area contributed by atoms with Gasteiger partial charge in [-0.05, 0) is 44.9 Å². The molecule has 0 amide bonds. The lowest BCUT2D eigenvalue weighted by atomic mass is 9.99. The quantitative estimate of drug-likeness (QED) is 0.915. The van der Waals surface area contributed by atoms with Gasteiger partial charge in [0.1, 0.15) is 0 Å². The van der Waals surface area contributed by atoms with Crippen LogP contribution in [0.5, 0.6) is 0 Å². The van der Waals surface area contributed by atoms with Crippen molar-refractivity contribution >= 4 is 0 Å². The van der Waals surface area contributed by atoms with Crippen molar-refractivity contribution in [3.63, 3.8) is 0 Å². The molecular weight excluding hydrogens is 246 g/mol. The van der Waals surface area contributed by atoms with Crippen LogP contribution in [0, 0.1) is 12.8 Å². The first-order valence-electron chi connectivity index (χ1n) is 8.00. The fourth-order valence-corrected chi connectivity index (χ4v) is 2.94. The van der Waals surface area contributed by atoms with Crippen LogP contribution in [0.4, 0.5) is 0 Å². The Hall–Kier alpha value is -0.930. The van der Waals surface area contributed by atoms with E-state index in [9.17, 15) is 0 Å². The molecule has 1 N–H and O–H groups in total. The van der Waals surface area contributed by atoms with Crippen LogP contribution >= 0.6 is 0 Å². The summed E-state index contributed by atoms with van der Waals surface area (Å²) < 4.78 is 0. The fraction of sp³-hybridized carbons (Fsp3) is 0.706. The Morgan fingerprint density at radius 2 is 2.25 bits per heavy atom. The molecule has 2 rings (SSSR count). The van der Waals surface area contributed by atoms with Crippen molar-refractivity contribution in [1.29, 1.82) is 0 Å². The normalized spacial score (nSPS) is 26.2. The minimum absolute atomic E-state index is 0.606. The van der Waals surface area contributed by atoms with Crippen LogP contribution in [0.3, 0.4) is 0 Å². The number of nitrogens with one attached hydrogen (secondary N) is 1. The van der Waals surface area contributed by atoms with E-state index >= 15 is 0 Å². The van der Waals surface area contributed by atoms with E-state index in [-0.39, 0.29) is 0 Å². The first-order valence-corrected chi connectivity index (χ1v) is 8.00. The molecule has 1 fully saturated rings. The van der Waals surface area contributed by atoms with Crippen molar-refractivity contribution in [2.75, 3.05) is 13.1 Å². The average Bonchev–Trinajstić information content (AvgIpc) is 2.61. The molecule has 1 saturated heterocycles. The molecule has 20 heavy (non-hydrogen) atoms. The molecule has 2 heterocycles. The zero-order valence-corrected chi connectivity index (χ0v) is 13.4. The second kappa shape index (κ2) is 7.19. The van der Waals surface area contributed by atoms with Crippen molar-refractivity contribution < 1.29 is 0 Å². The lowest BCUT2D eigenvalue weighted by Gasteiger charge is -2.31. The van der Waals surface area contributed by atoms with Gasteiger partial charge in [0, 0.05) is 30.9 Å². The minimum atomic E-state index is 0.606. The summed E-state index contributed by atoms with van der Waals surface area (Å²) in [7, 11) is 0. The van der Waals surface area contributed by atoms with Crippen molar-refractivity contribution in [1.82, 2.24) is 15.2 Å². The molecule has 0 aliphatic carbocycles. The number of aromatic nitrogens is 1. The highest BCUT2D eigenvalue weighted by molar-refractivity contribution is 5.10. The van der Waals surface area contributed by atoms with Gasteiger partial charge in [0.2, 0.25) is 0 Å². The Labute approximate surface area is 123 Å². The van der Waals surface area contributed by atoms with Crippen molar-refractivity contribution in [3.8, 4) is 0 Å². The zero-order valence-electron chi connectivity index (χ0n) is 13.4. The summed E-state index contributed by atoms with van der Waals surface area (Å²) in [6.07, 6.45) is 2.46. The first-order chi connectivity index (χ1) is 9.60. The summed E-state index contributed by atoms with van der Waals surface area (Å²) in [6.45, 7) is 12.3. The molecule has 3 nitrogen and oxygen atoms in total. The van der Waals surface area contributed by atoms with E-state index in [2.05, 4.69) is 61.1 Å². The Kier molecular flexibility index (Phi) is 5.55. The van der Waals surface area contributed by atoms with Gasteiger partial charge in [0.25, 0.3) is 0 Å². The van der Waals surface area contributed by atoms with Crippen LogP contribution in [0.2, 0.25) is 0 Å². The second-order valence-electron chi connectivity index (χ2n) is 6.28. The maximum absolute atomic E-state index is 4.66. The number of aryl methyl sites for hydroxylation is 1. The molecule has 0 saturated carbocycles. The zero-order chi connectivity index (χ0) is 14.5. The number of hydrogen-bond acceptors (Lipinski definition) is 3. The number of rotatable bonds is 4. The Morgan fingerprint density at radius 3 is 2.95 bits per heavy atom. The van der Waals surface area contributed by atoms with Crippen LogP contribution in [0.25, 0.3) is 0 Å². The van der Waals surface area contributed by atoms with Gasteiger partial charge in [-0.2, -0.15) is 0 Å².